The van der Waals surface area contributed by atoms with Gasteiger partial charge in [-0.3, -0.25) is 4.79 Å². The van der Waals surface area contributed by atoms with E-state index in [4.69, 9.17) is 10.3 Å². The van der Waals surface area contributed by atoms with Crippen LogP contribution in [-0.4, -0.2) is 29.1 Å². The van der Waals surface area contributed by atoms with Gasteiger partial charge < -0.3 is 15.2 Å². The van der Waals surface area contributed by atoms with Gasteiger partial charge in [0.25, 0.3) is 5.91 Å². The van der Waals surface area contributed by atoms with Crippen molar-refractivity contribution in [1.82, 2.24) is 10.1 Å². The maximum atomic E-state index is 12.5. The molecule has 110 valence electrons. The fourth-order valence-corrected chi connectivity index (χ4v) is 3.08. The Kier molecular flexibility index (Phi) is 3.96. The molecule has 21 heavy (non-hydrogen) atoms. The summed E-state index contributed by atoms with van der Waals surface area (Å²) in [6.07, 6.45) is 1.76. The summed E-state index contributed by atoms with van der Waals surface area (Å²) in [6.45, 7) is 1.45. The molecule has 2 N–H and O–H groups in total. The largest absolute Gasteiger partial charge is 0.368 e. The Balaban J connectivity index is 1.64. The molecule has 1 aromatic heterocycles. The first kappa shape index (κ1) is 14.1. The Labute approximate surface area is 131 Å². The van der Waals surface area contributed by atoms with Crippen molar-refractivity contribution in [2.24, 2.45) is 0 Å². The van der Waals surface area contributed by atoms with Gasteiger partial charge in [0.1, 0.15) is 0 Å². The number of piperidine rings is 1. The van der Waals surface area contributed by atoms with E-state index in [-0.39, 0.29) is 5.91 Å². The predicted octanol–water partition coefficient (Wildman–Crippen LogP) is 3.04. The van der Waals surface area contributed by atoms with Crippen molar-refractivity contribution in [2.75, 3.05) is 18.8 Å². The van der Waals surface area contributed by atoms with Crippen LogP contribution in [0.4, 0.5) is 5.88 Å². The molecule has 1 saturated heterocycles. The number of aromatic nitrogens is 1. The van der Waals surface area contributed by atoms with Crippen LogP contribution in [0, 0.1) is 0 Å². The zero-order valence-corrected chi connectivity index (χ0v) is 13.0. The number of nitrogen functional groups attached to an aromatic ring is 1. The van der Waals surface area contributed by atoms with Crippen molar-refractivity contribution in [3.05, 3.63) is 46.1 Å². The highest BCUT2D eigenvalue weighted by Crippen LogP contribution is 2.29. The number of halogens is 1. The molecule has 1 amide bonds. The van der Waals surface area contributed by atoms with E-state index in [0.29, 0.717) is 17.4 Å². The summed E-state index contributed by atoms with van der Waals surface area (Å²) in [5.74, 6) is 0.740. The number of nitrogens with zero attached hydrogens (tertiary/aromatic N) is 2. The van der Waals surface area contributed by atoms with E-state index in [9.17, 15) is 4.79 Å². The molecular formula is C15H16BrN3O2. The molecule has 1 aromatic carbocycles. The monoisotopic (exact) mass is 349 g/mol. The molecular weight excluding hydrogens is 334 g/mol. The summed E-state index contributed by atoms with van der Waals surface area (Å²) in [5.41, 5.74) is 7.16. The quantitative estimate of drug-likeness (QED) is 0.904. The van der Waals surface area contributed by atoms with Crippen LogP contribution >= 0.6 is 15.9 Å². The highest BCUT2D eigenvalue weighted by Gasteiger charge is 2.26. The molecule has 0 bridgehead atoms. The maximum Gasteiger partial charge on any atom is 0.253 e. The highest BCUT2D eigenvalue weighted by molar-refractivity contribution is 9.10. The van der Waals surface area contributed by atoms with E-state index < -0.39 is 0 Å². The van der Waals surface area contributed by atoms with Gasteiger partial charge >= 0.3 is 0 Å². The van der Waals surface area contributed by atoms with E-state index in [1.54, 1.807) is 6.07 Å². The Hall–Kier alpha value is -1.82. The first-order valence-corrected chi connectivity index (χ1v) is 7.70. The standard InChI is InChI=1S/C15H16BrN3O2/c16-12-3-1-2-11(8-12)15(20)19-6-4-10(5-7-19)13-9-14(17)21-18-13/h1-3,8-10H,4-7,17H2. The molecule has 3 rings (SSSR count). The number of hydrogen-bond donors (Lipinski definition) is 1. The smallest absolute Gasteiger partial charge is 0.253 e. The van der Waals surface area contributed by atoms with Crippen LogP contribution in [-0.2, 0) is 0 Å². The molecule has 1 aliphatic heterocycles. The summed E-state index contributed by atoms with van der Waals surface area (Å²) in [6, 6.07) is 9.26. The minimum absolute atomic E-state index is 0.0782. The van der Waals surface area contributed by atoms with E-state index in [1.807, 2.05) is 29.2 Å². The number of benzene rings is 1. The molecule has 1 fully saturated rings. The average molecular weight is 350 g/mol. The SMILES string of the molecule is Nc1cc(C2CCN(C(=O)c3cccc(Br)c3)CC2)no1. The number of hydrogen-bond acceptors (Lipinski definition) is 4. The molecule has 6 heteroatoms. The van der Waals surface area contributed by atoms with Gasteiger partial charge in [-0.25, -0.2) is 0 Å². The van der Waals surface area contributed by atoms with Crippen molar-refractivity contribution < 1.29 is 9.32 Å². The first-order chi connectivity index (χ1) is 10.1. The van der Waals surface area contributed by atoms with E-state index >= 15 is 0 Å². The van der Waals surface area contributed by atoms with Gasteiger partial charge in [0.15, 0.2) is 0 Å². The predicted molar refractivity (Wildman–Crippen MR) is 82.9 cm³/mol. The van der Waals surface area contributed by atoms with Crippen LogP contribution in [0.15, 0.2) is 39.3 Å². The third kappa shape index (κ3) is 3.10. The van der Waals surface area contributed by atoms with Gasteiger partial charge in [-0.15, -0.1) is 0 Å². The second-order valence-corrected chi connectivity index (χ2v) is 6.15. The number of anilines is 1. The van der Waals surface area contributed by atoms with Gasteiger partial charge in [0, 0.05) is 35.1 Å². The zero-order valence-electron chi connectivity index (χ0n) is 11.5. The Morgan fingerprint density at radius 3 is 2.71 bits per heavy atom. The topological polar surface area (TPSA) is 72.4 Å². The minimum atomic E-state index is 0.0782. The fraction of sp³-hybridized carbons (Fsp3) is 0.333. The third-order valence-corrected chi connectivity index (χ3v) is 4.31. The number of amides is 1. The number of nitrogens with two attached hydrogens (primary N) is 1. The van der Waals surface area contributed by atoms with Gasteiger partial charge in [-0.2, -0.15) is 0 Å². The number of carbonyl (C=O) groups is 1. The highest BCUT2D eigenvalue weighted by atomic mass is 79.9. The fourth-order valence-electron chi connectivity index (χ4n) is 2.68. The van der Waals surface area contributed by atoms with Crippen molar-refractivity contribution in [3.63, 3.8) is 0 Å². The molecule has 2 aromatic rings. The Morgan fingerprint density at radius 1 is 1.33 bits per heavy atom. The molecule has 0 saturated carbocycles. The summed E-state index contributed by atoms with van der Waals surface area (Å²) in [5, 5.41) is 3.97. The van der Waals surface area contributed by atoms with Crippen LogP contribution < -0.4 is 5.73 Å². The molecule has 0 aliphatic carbocycles. The minimum Gasteiger partial charge on any atom is -0.368 e. The summed E-state index contributed by atoms with van der Waals surface area (Å²) >= 11 is 3.40. The molecule has 0 atom stereocenters. The number of carbonyl (C=O) groups excluding carboxylic acids is 1. The van der Waals surface area contributed by atoms with E-state index in [1.165, 1.54) is 0 Å². The molecule has 2 heterocycles. The van der Waals surface area contributed by atoms with Crippen molar-refractivity contribution >= 4 is 27.7 Å². The lowest BCUT2D eigenvalue weighted by Crippen LogP contribution is -2.38. The van der Waals surface area contributed by atoms with E-state index in [2.05, 4.69) is 21.1 Å². The van der Waals surface area contributed by atoms with Crippen LogP contribution in [0.1, 0.15) is 34.8 Å². The van der Waals surface area contributed by atoms with Crippen LogP contribution in [0.3, 0.4) is 0 Å². The van der Waals surface area contributed by atoms with Crippen molar-refractivity contribution in [2.45, 2.75) is 18.8 Å². The van der Waals surface area contributed by atoms with Gasteiger partial charge in [-0.1, -0.05) is 27.2 Å². The molecule has 5 nitrogen and oxygen atoms in total. The molecule has 1 aliphatic rings. The number of likely N-dealkylation sites (tertiary alicyclic amines) is 1. The first-order valence-electron chi connectivity index (χ1n) is 6.90. The maximum absolute atomic E-state index is 12.5. The molecule has 0 spiro atoms. The van der Waals surface area contributed by atoms with Crippen LogP contribution in [0.25, 0.3) is 0 Å². The van der Waals surface area contributed by atoms with Crippen LogP contribution in [0.2, 0.25) is 0 Å². The summed E-state index contributed by atoms with van der Waals surface area (Å²) in [4.78, 5) is 14.3. The number of rotatable bonds is 2. The van der Waals surface area contributed by atoms with Crippen LogP contribution in [0.5, 0.6) is 0 Å². The molecule has 0 radical (unpaired) electrons. The second-order valence-electron chi connectivity index (χ2n) is 5.23. The van der Waals surface area contributed by atoms with Gasteiger partial charge in [0.05, 0.1) is 5.69 Å². The van der Waals surface area contributed by atoms with Gasteiger partial charge in [-0.05, 0) is 31.0 Å². The lowest BCUT2D eigenvalue weighted by atomic mass is 9.93. The van der Waals surface area contributed by atoms with Gasteiger partial charge in [0.2, 0.25) is 5.88 Å². The van der Waals surface area contributed by atoms with E-state index in [0.717, 1.165) is 36.1 Å². The Bertz CT molecular complexity index is 648. The Morgan fingerprint density at radius 2 is 2.10 bits per heavy atom. The van der Waals surface area contributed by atoms with Crippen molar-refractivity contribution in [3.8, 4) is 0 Å². The summed E-state index contributed by atoms with van der Waals surface area (Å²) < 4.78 is 5.83. The third-order valence-electron chi connectivity index (χ3n) is 3.82. The molecule has 0 unspecified atom stereocenters. The normalized spacial score (nSPS) is 16.1. The second kappa shape index (κ2) is 5.89. The lowest BCUT2D eigenvalue weighted by molar-refractivity contribution is 0.0711. The summed E-state index contributed by atoms with van der Waals surface area (Å²) in [7, 11) is 0. The van der Waals surface area contributed by atoms with Crippen molar-refractivity contribution in [1.29, 1.82) is 0 Å². The average Bonchev–Trinajstić information content (AvgIpc) is 2.93. The lowest BCUT2D eigenvalue weighted by Gasteiger charge is -2.31. The zero-order chi connectivity index (χ0) is 14.8.